The molecule has 0 amide bonds. The Kier molecular flexibility index (Phi) is 5.78. The number of ether oxygens (including phenoxy) is 1. The van der Waals surface area contributed by atoms with Crippen molar-refractivity contribution < 1.29 is 4.74 Å². The second-order valence-electron chi connectivity index (χ2n) is 4.33. The van der Waals surface area contributed by atoms with Gasteiger partial charge in [0, 0.05) is 7.11 Å². The molecular formula is C13H21IN2O2. The van der Waals surface area contributed by atoms with E-state index in [1.165, 1.54) is 0 Å². The van der Waals surface area contributed by atoms with Crippen molar-refractivity contribution in [3.8, 4) is 0 Å². The normalized spacial score (nSPS) is 11.8. The highest BCUT2D eigenvalue weighted by Crippen LogP contribution is 2.29. The van der Waals surface area contributed by atoms with Crippen molar-refractivity contribution in [1.29, 1.82) is 0 Å². The van der Waals surface area contributed by atoms with E-state index in [-0.39, 0.29) is 5.56 Å². The van der Waals surface area contributed by atoms with Gasteiger partial charge in [0.15, 0.2) is 0 Å². The summed E-state index contributed by atoms with van der Waals surface area (Å²) in [7, 11) is 1.67. The maximum absolute atomic E-state index is 12.0. The highest BCUT2D eigenvalue weighted by Gasteiger charge is 2.31. The zero-order valence-electron chi connectivity index (χ0n) is 11.5. The van der Waals surface area contributed by atoms with Gasteiger partial charge in [-0.15, -0.1) is 0 Å². The molecule has 0 radical (unpaired) electrons. The van der Waals surface area contributed by atoms with Gasteiger partial charge >= 0.3 is 0 Å². The monoisotopic (exact) mass is 364 g/mol. The average Bonchev–Trinajstić information content (AvgIpc) is 2.38. The average molecular weight is 364 g/mol. The number of hydrogen-bond donors (Lipinski definition) is 1. The van der Waals surface area contributed by atoms with Gasteiger partial charge in [-0.3, -0.25) is 4.79 Å². The molecule has 0 aliphatic heterocycles. The van der Waals surface area contributed by atoms with E-state index in [0.717, 1.165) is 31.4 Å². The molecular weight excluding hydrogens is 343 g/mol. The van der Waals surface area contributed by atoms with Crippen LogP contribution in [-0.2, 0) is 16.8 Å². The molecule has 0 aliphatic rings. The van der Waals surface area contributed by atoms with E-state index in [2.05, 4.69) is 39.5 Å². The molecule has 0 fully saturated rings. The van der Waals surface area contributed by atoms with Gasteiger partial charge < -0.3 is 9.72 Å². The van der Waals surface area contributed by atoms with Crippen LogP contribution >= 0.6 is 22.6 Å². The van der Waals surface area contributed by atoms with Crippen LogP contribution in [0.2, 0.25) is 0 Å². The lowest BCUT2D eigenvalue weighted by Crippen LogP contribution is -2.33. The Morgan fingerprint density at radius 2 is 1.94 bits per heavy atom. The van der Waals surface area contributed by atoms with E-state index in [1.54, 1.807) is 7.11 Å². The minimum absolute atomic E-state index is 0.0626. The van der Waals surface area contributed by atoms with Crippen molar-refractivity contribution in [1.82, 2.24) is 9.97 Å². The lowest BCUT2D eigenvalue weighted by molar-refractivity contribution is -0.0295. The van der Waals surface area contributed by atoms with Crippen LogP contribution in [0.5, 0.6) is 0 Å². The third-order valence-electron chi connectivity index (χ3n) is 3.38. The maximum Gasteiger partial charge on any atom is 0.264 e. The van der Waals surface area contributed by atoms with Gasteiger partial charge in [0.1, 0.15) is 11.4 Å². The number of nitrogens with zero attached hydrogens (tertiary/aromatic N) is 1. The minimum atomic E-state index is -0.480. The molecule has 0 atom stereocenters. The van der Waals surface area contributed by atoms with Gasteiger partial charge in [0.25, 0.3) is 5.56 Å². The van der Waals surface area contributed by atoms with E-state index < -0.39 is 5.60 Å². The quantitative estimate of drug-likeness (QED) is 0.790. The number of methoxy groups -OCH3 is 1. The van der Waals surface area contributed by atoms with Crippen LogP contribution in [0.1, 0.15) is 51.6 Å². The van der Waals surface area contributed by atoms with E-state index in [0.29, 0.717) is 9.39 Å². The first-order valence-electron chi connectivity index (χ1n) is 6.38. The molecule has 0 bridgehead atoms. The van der Waals surface area contributed by atoms with E-state index in [4.69, 9.17) is 4.74 Å². The summed E-state index contributed by atoms with van der Waals surface area (Å²) in [5, 5.41) is 0. The standard InChI is InChI=1S/C13H21IN2O2/c1-5-8-9-10(14)11(17)16-12(15-9)13(6-2,7-3)18-4/h5-8H2,1-4H3,(H,15,16,17). The summed E-state index contributed by atoms with van der Waals surface area (Å²) < 4.78 is 6.31. The molecule has 0 aromatic carbocycles. The Hall–Kier alpha value is -0.430. The third kappa shape index (κ3) is 2.93. The van der Waals surface area contributed by atoms with Gasteiger partial charge in [0.2, 0.25) is 0 Å². The molecule has 0 spiro atoms. The molecule has 0 saturated carbocycles. The fourth-order valence-corrected chi connectivity index (χ4v) is 2.62. The van der Waals surface area contributed by atoms with Crippen LogP contribution in [0, 0.1) is 3.57 Å². The van der Waals surface area contributed by atoms with Gasteiger partial charge in [-0.2, -0.15) is 0 Å². The van der Waals surface area contributed by atoms with Crippen molar-refractivity contribution >= 4 is 22.6 Å². The number of nitrogens with one attached hydrogen (secondary N) is 1. The number of halogens is 1. The first-order valence-corrected chi connectivity index (χ1v) is 7.46. The summed E-state index contributed by atoms with van der Waals surface area (Å²) in [6.45, 7) is 6.18. The zero-order chi connectivity index (χ0) is 13.8. The number of aromatic nitrogens is 2. The van der Waals surface area contributed by atoms with Crippen LogP contribution < -0.4 is 5.56 Å². The van der Waals surface area contributed by atoms with Crippen LogP contribution in [-0.4, -0.2) is 17.1 Å². The van der Waals surface area contributed by atoms with Gasteiger partial charge in [0.05, 0.1) is 9.26 Å². The van der Waals surface area contributed by atoms with E-state index >= 15 is 0 Å². The summed E-state index contributed by atoms with van der Waals surface area (Å²) in [5.41, 5.74) is 0.332. The fourth-order valence-electron chi connectivity index (χ4n) is 2.09. The Labute approximate surface area is 122 Å². The molecule has 0 saturated heterocycles. The minimum Gasteiger partial charge on any atom is -0.370 e. The fraction of sp³-hybridized carbons (Fsp3) is 0.692. The second kappa shape index (κ2) is 6.65. The Morgan fingerprint density at radius 3 is 2.39 bits per heavy atom. The van der Waals surface area contributed by atoms with Crippen molar-refractivity contribution in [2.75, 3.05) is 7.11 Å². The molecule has 5 heteroatoms. The highest BCUT2D eigenvalue weighted by molar-refractivity contribution is 14.1. The van der Waals surface area contributed by atoms with Crippen molar-refractivity contribution in [3.63, 3.8) is 0 Å². The van der Waals surface area contributed by atoms with Gasteiger partial charge in [-0.1, -0.05) is 27.2 Å². The highest BCUT2D eigenvalue weighted by atomic mass is 127. The largest absolute Gasteiger partial charge is 0.370 e. The Morgan fingerprint density at radius 1 is 1.33 bits per heavy atom. The number of aryl methyl sites for hydroxylation is 1. The Balaban J connectivity index is 3.37. The predicted octanol–water partition coefficient (Wildman–Crippen LogP) is 2.99. The summed E-state index contributed by atoms with van der Waals surface area (Å²) in [4.78, 5) is 19.5. The Bertz CT molecular complexity index is 445. The number of hydrogen-bond acceptors (Lipinski definition) is 3. The molecule has 0 unspecified atom stereocenters. The lowest BCUT2D eigenvalue weighted by Gasteiger charge is -2.29. The van der Waals surface area contributed by atoms with Crippen molar-refractivity contribution in [2.24, 2.45) is 0 Å². The summed E-state index contributed by atoms with van der Waals surface area (Å²) in [6.07, 6.45) is 3.37. The first-order chi connectivity index (χ1) is 8.54. The molecule has 1 aromatic rings. The molecule has 102 valence electrons. The molecule has 18 heavy (non-hydrogen) atoms. The van der Waals surface area contributed by atoms with Gasteiger partial charge in [-0.25, -0.2) is 4.98 Å². The topological polar surface area (TPSA) is 55.0 Å². The van der Waals surface area contributed by atoms with Crippen molar-refractivity contribution in [2.45, 2.75) is 52.1 Å². The van der Waals surface area contributed by atoms with Crippen LogP contribution in [0.4, 0.5) is 0 Å². The first kappa shape index (κ1) is 15.6. The predicted molar refractivity (Wildman–Crippen MR) is 80.8 cm³/mol. The molecule has 1 rings (SSSR count). The SMILES string of the molecule is CCCc1nc(C(CC)(CC)OC)[nH]c(=O)c1I. The number of H-pyrrole nitrogens is 1. The van der Waals surface area contributed by atoms with Crippen LogP contribution in [0.15, 0.2) is 4.79 Å². The molecule has 1 N–H and O–H groups in total. The van der Waals surface area contributed by atoms with Crippen LogP contribution in [0.3, 0.4) is 0 Å². The number of rotatable bonds is 6. The molecule has 4 nitrogen and oxygen atoms in total. The third-order valence-corrected chi connectivity index (χ3v) is 4.50. The molecule has 0 aliphatic carbocycles. The molecule has 1 aromatic heterocycles. The van der Waals surface area contributed by atoms with Crippen LogP contribution in [0.25, 0.3) is 0 Å². The maximum atomic E-state index is 12.0. The summed E-state index contributed by atoms with van der Waals surface area (Å²) in [6, 6.07) is 0. The zero-order valence-corrected chi connectivity index (χ0v) is 13.6. The molecule has 1 heterocycles. The van der Waals surface area contributed by atoms with Gasteiger partial charge in [-0.05, 0) is 41.9 Å². The summed E-state index contributed by atoms with van der Waals surface area (Å²) in [5.74, 6) is 0.656. The van der Waals surface area contributed by atoms with E-state index in [1.807, 2.05) is 13.8 Å². The number of aromatic amines is 1. The second-order valence-corrected chi connectivity index (χ2v) is 5.41. The van der Waals surface area contributed by atoms with E-state index in [9.17, 15) is 4.79 Å². The van der Waals surface area contributed by atoms with Crippen molar-refractivity contribution in [3.05, 3.63) is 25.4 Å². The lowest BCUT2D eigenvalue weighted by atomic mass is 9.96. The smallest absolute Gasteiger partial charge is 0.264 e. The summed E-state index contributed by atoms with van der Waals surface area (Å²) >= 11 is 2.06.